The van der Waals surface area contributed by atoms with E-state index in [1.165, 1.54) is 0 Å². The molecule has 1 saturated heterocycles. The molecule has 1 heterocycles. The van der Waals surface area contributed by atoms with Gasteiger partial charge in [0.15, 0.2) is 0 Å². The molecule has 0 unspecified atom stereocenters. The number of carbonyl (C=O) groups is 2. The van der Waals surface area contributed by atoms with Crippen molar-refractivity contribution in [3.63, 3.8) is 0 Å². The fraction of sp³-hybridized carbons (Fsp3) is 0.556. The number of carbonyl (C=O) groups excluding carboxylic acids is 2. The molecule has 0 aromatic heterocycles. The first-order valence-electron chi connectivity index (χ1n) is 8.16. The zero-order chi connectivity index (χ0) is 17.0. The average Bonchev–Trinajstić information content (AvgIpc) is 2.56. The van der Waals surface area contributed by atoms with Gasteiger partial charge >= 0.3 is 0 Å². The highest BCUT2D eigenvalue weighted by atomic mass is 16.5. The standard InChI is InChI=1S/C18H26N2O3/c1-5-17(21)19-6-8-20(9-7-19)18(22)12-15-14(3)10-13(2)11-16(15)23-4/h10-11H,5-9,12H2,1-4H3. The summed E-state index contributed by atoms with van der Waals surface area (Å²) >= 11 is 0. The molecule has 0 atom stereocenters. The number of hydrogen-bond acceptors (Lipinski definition) is 3. The predicted octanol–water partition coefficient (Wildman–Crippen LogP) is 1.94. The second-order valence-electron chi connectivity index (χ2n) is 6.05. The van der Waals surface area contributed by atoms with Gasteiger partial charge in [-0.25, -0.2) is 0 Å². The predicted molar refractivity (Wildman–Crippen MR) is 89.6 cm³/mol. The molecule has 5 nitrogen and oxygen atoms in total. The van der Waals surface area contributed by atoms with Crippen LogP contribution in [0.1, 0.15) is 30.0 Å². The van der Waals surface area contributed by atoms with Crippen LogP contribution in [0.2, 0.25) is 0 Å². The van der Waals surface area contributed by atoms with E-state index in [1.54, 1.807) is 7.11 Å². The minimum absolute atomic E-state index is 0.0962. The summed E-state index contributed by atoms with van der Waals surface area (Å²) in [5.74, 6) is 1.03. The van der Waals surface area contributed by atoms with Crippen molar-refractivity contribution in [2.75, 3.05) is 33.3 Å². The summed E-state index contributed by atoms with van der Waals surface area (Å²) in [7, 11) is 1.64. The third kappa shape index (κ3) is 4.03. The lowest BCUT2D eigenvalue weighted by Crippen LogP contribution is -2.50. The molecule has 2 amide bonds. The highest BCUT2D eigenvalue weighted by Crippen LogP contribution is 2.25. The summed E-state index contributed by atoms with van der Waals surface area (Å²) in [6, 6.07) is 4.04. The van der Waals surface area contributed by atoms with Crippen LogP contribution in [0.25, 0.3) is 0 Å². The van der Waals surface area contributed by atoms with E-state index in [0.29, 0.717) is 39.0 Å². The summed E-state index contributed by atoms with van der Waals surface area (Å²) in [6.07, 6.45) is 0.866. The molecule has 126 valence electrons. The van der Waals surface area contributed by atoms with Crippen molar-refractivity contribution >= 4 is 11.8 Å². The normalized spacial score (nSPS) is 14.8. The van der Waals surface area contributed by atoms with Crippen molar-refractivity contribution < 1.29 is 14.3 Å². The number of benzene rings is 1. The minimum atomic E-state index is 0.0962. The molecule has 1 aromatic carbocycles. The van der Waals surface area contributed by atoms with Crippen molar-refractivity contribution in [2.24, 2.45) is 0 Å². The first-order valence-corrected chi connectivity index (χ1v) is 8.16. The lowest BCUT2D eigenvalue weighted by molar-refractivity contribution is -0.139. The van der Waals surface area contributed by atoms with Crippen LogP contribution >= 0.6 is 0 Å². The monoisotopic (exact) mass is 318 g/mol. The van der Waals surface area contributed by atoms with Crippen LogP contribution in [0.3, 0.4) is 0 Å². The van der Waals surface area contributed by atoms with Crippen LogP contribution in [0, 0.1) is 13.8 Å². The minimum Gasteiger partial charge on any atom is -0.496 e. The molecule has 5 heteroatoms. The Morgan fingerprint density at radius 1 is 1.04 bits per heavy atom. The molecular weight excluding hydrogens is 292 g/mol. The maximum Gasteiger partial charge on any atom is 0.227 e. The van der Waals surface area contributed by atoms with Crippen molar-refractivity contribution in [3.8, 4) is 5.75 Å². The molecule has 0 spiro atoms. The number of hydrogen-bond donors (Lipinski definition) is 0. The van der Waals surface area contributed by atoms with Crippen LogP contribution in [-0.2, 0) is 16.0 Å². The Balaban J connectivity index is 2.02. The van der Waals surface area contributed by atoms with Gasteiger partial charge in [-0.2, -0.15) is 0 Å². The number of aryl methyl sites for hydroxylation is 2. The van der Waals surface area contributed by atoms with Gasteiger partial charge < -0.3 is 14.5 Å². The van der Waals surface area contributed by atoms with Crippen molar-refractivity contribution in [2.45, 2.75) is 33.6 Å². The molecule has 1 aliphatic heterocycles. The SMILES string of the molecule is CCC(=O)N1CCN(C(=O)Cc2c(C)cc(C)cc2OC)CC1. The van der Waals surface area contributed by atoms with Gasteiger partial charge in [0, 0.05) is 38.2 Å². The molecular formula is C18H26N2O3. The van der Waals surface area contributed by atoms with Gasteiger partial charge in [0.25, 0.3) is 0 Å². The molecule has 1 aromatic rings. The topological polar surface area (TPSA) is 49.9 Å². The molecule has 1 fully saturated rings. The van der Waals surface area contributed by atoms with Gasteiger partial charge in [-0.3, -0.25) is 9.59 Å². The van der Waals surface area contributed by atoms with Gasteiger partial charge in [-0.1, -0.05) is 13.0 Å². The number of methoxy groups -OCH3 is 1. The summed E-state index contributed by atoms with van der Waals surface area (Å²) < 4.78 is 5.43. The molecule has 1 aliphatic rings. The van der Waals surface area contributed by atoms with E-state index in [1.807, 2.05) is 36.6 Å². The van der Waals surface area contributed by atoms with Crippen molar-refractivity contribution in [1.29, 1.82) is 0 Å². The fourth-order valence-corrected chi connectivity index (χ4v) is 3.06. The third-order valence-corrected chi connectivity index (χ3v) is 4.41. The summed E-state index contributed by atoms with van der Waals surface area (Å²) in [4.78, 5) is 28.0. The zero-order valence-electron chi connectivity index (χ0n) is 14.5. The zero-order valence-corrected chi connectivity index (χ0v) is 14.5. The maximum absolute atomic E-state index is 12.6. The first-order chi connectivity index (χ1) is 11.0. The largest absolute Gasteiger partial charge is 0.496 e. The highest BCUT2D eigenvalue weighted by Gasteiger charge is 2.24. The molecule has 0 aliphatic carbocycles. The maximum atomic E-state index is 12.6. The molecule has 2 rings (SSSR count). The van der Waals surface area contributed by atoms with E-state index in [-0.39, 0.29) is 11.8 Å². The Morgan fingerprint density at radius 2 is 1.61 bits per heavy atom. The molecule has 0 N–H and O–H groups in total. The van der Waals surface area contributed by atoms with E-state index >= 15 is 0 Å². The van der Waals surface area contributed by atoms with E-state index in [9.17, 15) is 9.59 Å². The number of ether oxygens (including phenoxy) is 1. The van der Waals surface area contributed by atoms with E-state index < -0.39 is 0 Å². The highest BCUT2D eigenvalue weighted by molar-refractivity contribution is 5.81. The lowest BCUT2D eigenvalue weighted by Gasteiger charge is -2.35. The number of amides is 2. The number of rotatable bonds is 4. The van der Waals surface area contributed by atoms with Crippen LogP contribution in [0.4, 0.5) is 0 Å². The van der Waals surface area contributed by atoms with Crippen molar-refractivity contribution in [1.82, 2.24) is 9.80 Å². The van der Waals surface area contributed by atoms with Crippen molar-refractivity contribution in [3.05, 3.63) is 28.8 Å². The second kappa shape index (κ2) is 7.49. The quantitative estimate of drug-likeness (QED) is 0.852. The van der Waals surface area contributed by atoms with Gasteiger partial charge in [-0.15, -0.1) is 0 Å². The first kappa shape index (κ1) is 17.3. The van der Waals surface area contributed by atoms with Gasteiger partial charge in [0.05, 0.1) is 13.5 Å². The van der Waals surface area contributed by atoms with Crippen LogP contribution in [-0.4, -0.2) is 54.9 Å². The second-order valence-corrected chi connectivity index (χ2v) is 6.05. The van der Waals surface area contributed by atoms with Gasteiger partial charge in [0.1, 0.15) is 5.75 Å². The van der Waals surface area contributed by atoms with Crippen LogP contribution in [0.5, 0.6) is 5.75 Å². The fourth-order valence-electron chi connectivity index (χ4n) is 3.06. The number of piperazine rings is 1. The number of nitrogens with zero attached hydrogens (tertiary/aromatic N) is 2. The average molecular weight is 318 g/mol. The molecule has 0 saturated carbocycles. The van der Waals surface area contributed by atoms with Crippen LogP contribution in [0.15, 0.2) is 12.1 Å². The van der Waals surface area contributed by atoms with E-state index in [4.69, 9.17) is 4.74 Å². The Hall–Kier alpha value is -2.04. The van der Waals surface area contributed by atoms with E-state index in [2.05, 4.69) is 6.07 Å². The Morgan fingerprint density at radius 3 is 2.13 bits per heavy atom. The summed E-state index contributed by atoms with van der Waals surface area (Å²) in [5.41, 5.74) is 3.16. The smallest absolute Gasteiger partial charge is 0.227 e. The van der Waals surface area contributed by atoms with E-state index in [0.717, 1.165) is 22.4 Å². The van der Waals surface area contributed by atoms with Crippen LogP contribution < -0.4 is 4.74 Å². The molecule has 23 heavy (non-hydrogen) atoms. The lowest BCUT2D eigenvalue weighted by atomic mass is 10.0. The molecule has 0 radical (unpaired) electrons. The summed E-state index contributed by atoms with van der Waals surface area (Å²) in [5, 5.41) is 0. The Labute approximate surface area is 138 Å². The Kier molecular flexibility index (Phi) is 5.64. The van der Waals surface area contributed by atoms with Gasteiger partial charge in [-0.05, 0) is 31.0 Å². The third-order valence-electron chi connectivity index (χ3n) is 4.41. The van der Waals surface area contributed by atoms with Gasteiger partial charge in [0.2, 0.25) is 11.8 Å². The molecule has 0 bridgehead atoms. The summed E-state index contributed by atoms with van der Waals surface area (Å²) in [6.45, 7) is 8.37. The Bertz CT molecular complexity index is 590.